The molecular weight excluding hydrogens is 282 g/mol. The van der Waals surface area contributed by atoms with Crippen molar-refractivity contribution < 1.29 is 8.42 Å². The highest BCUT2D eigenvalue weighted by Gasteiger charge is 2.36. The van der Waals surface area contributed by atoms with E-state index in [1.54, 1.807) is 8.61 Å². The summed E-state index contributed by atoms with van der Waals surface area (Å²) in [6.07, 6.45) is 1.94. The zero-order chi connectivity index (χ0) is 13.9. The Hall–Kier alpha value is 0.180. The molecule has 0 radical (unpaired) electrons. The van der Waals surface area contributed by atoms with Crippen LogP contribution in [0.4, 0.5) is 0 Å². The summed E-state index contributed by atoms with van der Waals surface area (Å²) in [4.78, 5) is 0. The maximum absolute atomic E-state index is 12.6. The van der Waals surface area contributed by atoms with Crippen LogP contribution >= 0.6 is 11.8 Å². The summed E-state index contributed by atoms with van der Waals surface area (Å²) >= 11 is 1.84. The second kappa shape index (κ2) is 6.76. The SMILES string of the molecule is CNCC1CCN(S(=O)(=O)N2CCSCC2C)CC1. The molecule has 0 saturated carbocycles. The molecule has 2 fully saturated rings. The molecule has 2 aliphatic heterocycles. The maximum atomic E-state index is 12.6. The molecule has 2 saturated heterocycles. The van der Waals surface area contributed by atoms with Crippen molar-refractivity contribution in [2.45, 2.75) is 25.8 Å². The quantitative estimate of drug-likeness (QED) is 0.826. The molecule has 0 amide bonds. The van der Waals surface area contributed by atoms with E-state index in [0.717, 1.165) is 30.9 Å². The lowest BCUT2D eigenvalue weighted by Gasteiger charge is -2.38. The van der Waals surface area contributed by atoms with Gasteiger partial charge in [-0.3, -0.25) is 0 Å². The molecule has 2 aliphatic rings. The summed E-state index contributed by atoms with van der Waals surface area (Å²) in [5.74, 6) is 2.45. The summed E-state index contributed by atoms with van der Waals surface area (Å²) in [5, 5.41) is 3.18. The third-order valence-electron chi connectivity index (χ3n) is 4.00. The van der Waals surface area contributed by atoms with Gasteiger partial charge in [0.2, 0.25) is 0 Å². The topological polar surface area (TPSA) is 52.7 Å². The van der Waals surface area contributed by atoms with E-state index in [0.29, 0.717) is 25.6 Å². The Morgan fingerprint density at radius 2 is 1.95 bits per heavy atom. The summed E-state index contributed by atoms with van der Waals surface area (Å²) in [7, 11) is -1.29. The van der Waals surface area contributed by atoms with Crippen LogP contribution in [0, 0.1) is 5.92 Å². The van der Waals surface area contributed by atoms with Crippen LogP contribution in [0.2, 0.25) is 0 Å². The predicted molar refractivity (Wildman–Crippen MR) is 80.6 cm³/mol. The fraction of sp³-hybridized carbons (Fsp3) is 1.00. The van der Waals surface area contributed by atoms with E-state index in [1.165, 1.54) is 0 Å². The van der Waals surface area contributed by atoms with Crippen LogP contribution in [-0.4, -0.2) is 67.8 Å². The first-order valence-electron chi connectivity index (χ1n) is 7.05. The van der Waals surface area contributed by atoms with Gasteiger partial charge in [-0.2, -0.15) is 28.8 Å². The van der Waals surface area contributed by atoms with Gasteiger partial charge in [0.25, 0.3) is 10.2 Å². The highest BCUT2D eigenvalue weighted by molar-refractivity contribution is 7.99. The number of rotatable bonds is 4. The van der Waals surface area contributed by atoms with Crippen molar-refractivity contribution in [1.82, 2.24) is 13.9 Å². The van der Waals surface area contributed by atoms with Crippen molar-refractivity contribution in [3.63, 3.8) is 0 Å². The Bertz CT molecular complexity index is 380. The van der Waals surface area contributed by atoms with Crippen LogP contribution < -0.4 is 5.32 Å². The average molecular weight is 307 g/mol. The fourth-order valence-electron chi connectivity index (χ4n) is 2.84. The molecule has 1 atom stereocenters. The van der Waals surface area contributed by atoms with E-state index in [9.17, 15) is 8.42 Å². The normalized spacial score (nSPS) is 28.6. The molecule has 2 rings (SSSR count). The Morgan fingerprint density at radius 1 is 1.26 bits per heavy atom. The van der Waals surface area contributed by atoms with E-state index in [1.807, 2.05) is 25.7 Å². The van der Waals surface area contributed by atoms with Gasteiger partial charge in [0, 0.05) is 37.2 Å². The molecule has 112 valence electrons. The second-order valence-corrected chi connectivity index (χ2v) is 8.47. The highest BCUT2D eigenvalue weighted by Crippen LogP contribution is 2.25. The van der Waals surface area contributed by atoms with E-state index in [-0.39, 0.29) is 6.04 Å². The van der Waals surface area contributed by atoms with Gasteiger partial charge in [0.1, 0.15) is 0 Å². The third-order valence-corrected chi connectivity index (χ3v) is 7.34. The molecule has 0 spiro atoms. The van der Waals surface area contributed by atoms with Crippen molar-refractivity contribution in [3.05, 3.63) is 0 Å². The number of thioether (sulfide) groups is 1. The minimum Gasteiger partial charge on any atom is -0.319 e. The van der Waals surface area contributed by atoms with E-state index < -0.39 is 10.2 Å². The largest absolute Gasteiger partial charge is 0.319 e. The van der Waals surface area contributed by atoms with E-state index in [4.69, 9.17) is 0 Å². The lowest BCUT2D eigenvalue weighted by Crippen LogP contribution is -2.53. The van der Waals surface area contributed by atoms with Gasteiger partial charge in [-0.25, -0.2) is 0 Å². The van der Waals surface area contributed by atoms with Crippen LogP contribution in [0.3, 0.4) is 0 Å². The zero-order valence-corrected chi connectivity index (χ0v) is 13.5. The first kappa shape index (κ1) is 15.6. The highest BCUT2D eigenvalue weighted by atomic mass is 32.2. The molecule has 0 aromatic rings. The van der Waals surface area contributed by atoms with Gasteiger partial charge in [-0.1, -0.05) is 0 Å². The number of piperidine rings is 1. The molecule has 0 bridgehead atoms. The van der Waals surface area contributed by atoms with Crippen molar-refractivity contribution in [2.24, 2.45) is 5.92 Å². The van der Waals surface area contributed by atoms with E-state index >= 15 is 0 Å². The molecule has 1 unspecified atom stereocenters. The average Bonchev–Trinajstić information content (AvgIpc) is 2.40. The van der Waals surface area contributed by atoms with Crippen molar-refractivity contribution in [2.75, 3.05) is 44.7 Å². The molecule has 2 heterocycles. The van der Waals surface area contributed by atoms with Crippen LogP contribution in [0.15, 0.2) is 0 Å². The molecular formula is C12H25N3O2S2. The Morgan fingerprint density at radius 3 is 2.53 bits per heavy atom. The summed E-state index contributed by atoms with van der Waals surface area (Å²) in [6, 6.07) is 0.124. The second-order valence-electron chi connectivity index (χ2n) is 5.44. The Balaban J connectivity index is 1.97. The van der Waals surface area contributed by atoms with Gasteiger partial charge < -0.3 is 5.32 Å². The number of hydrogen-bond donors (Lipinski definition) is 1. The number of hydrogen-bond acceptors (Lipinski definition) is 4. The number of nitrogens with zero attached hydrogens (tertiary/aromatic N) is 2. The molecule has 7 heteroatoms. The Labute approximate surface area is 121 Å². The lowest BCUT2D eigenvalue weighted by atomic mass is 9.98. The van der Waals surface area contributed by atoms with Gasteiger partial charge in [-0.15, -0.1) is 0 Å². The predicted octanol–water partition coefficient (Wildman–Crippen LogP) is 0.600. The smallest absolute Gasteiger partial charge is 0.282 e. The standard InChI is InChI=1S/C12H25N3O2S2/c1-11-10-18-8-7-15(11)19(16,17)14-5-3-12(4-6-14)9-13-2/h11-13H,3-10H2,1-2H3. The molecule has 0 aromatic heterocycles. The van der Waals surface area contributed by atoms with Gasteiger partial charge in [0.15, 0.2) is 0 Å². The molecule has 19 heavy (non-hydrogen) atoms. The zero-order valence-electron chi connectivity index (χ0n) is 11.8. The van der Waals surface area contributed by atoms with Crippen LogP contribution in [0.5, 0.6) is 0 Å². The summed E-state index contributed by atoms with van der Waals surface area (Å²) in [6.45, 7) is 5.00. The minimum atomic E-state index is -3.24. The minimum absolute atomic E-state index is 0.124. The van der Waals surface area contributed by atoms with Crippen molar-refractivity contribution in [1.29, 1.82) is 0 Å². The molecule has 5 nitrogen and oxygen atoms in total. The van der Waals surface area contributed by atoms with Crippen LogP contribution in [-0.2, 0) is 10.2 Å². The summed E-state index contributed by atoms with van der Waals surface area (Å²) < 4.78 is 28.7. The number of nitrogens with one attached hydrogen (secondary N) is 1. The van der Waals surface area contributed by atoms with Crippen LogP contribution in [0.25, 0.3) is 0 Å². The maximum Gasteiger partial charge on any atom is 0.282 e. The molecule has 0 aliphatic carbocycles. The first-order chi connectivity index (χ1) is 9.05. The van der Waals surface area contributed by atoms with Gasteiger partial charge >= 0.3 is 0 Å². The lowest BCUT2D eigenvalue weighted by molar-refractivity contribution is 0.244. The molecule has 0 aromatic carbocycles. The van der Waals surface area contributed by atoms with Gasteiger partial charge in [-0.05, 0) is 39.3 Å². The monoisotopic (exact) mass is 307 g/mol. The first-order valence-corrected chi connectivity index (χ1v) is 9.60. The van der Waals surface area contributed by atoms with Crippen molar-refractivity contribution in [3.8, 4) is 0 Å². The fourth-order valence-corrected chi connectivity index (χ4v) is 5.88. The van der Waals surface area contributed by atoms with Crippen molar-refractivity contribution >= 4 is 22.0 Å². The summed E-state index contributed by atoms with van der Waals surface area (Å²) in [5.41, 5.74) is 0. The van der Waals surface area contributed by atoms with Crippen LogP contribution in [0.1, 0.15) is 19.8 Å². The molecule has 1 N–H and O–H groups in total. The van der Waals surface area contributed by atoms with Gasteiger partial charge in [0.05, 0.1) is 0 Å². The van der Waals surface area contributed by atoms with E-state index in [2.05, 4.69) is 5.32 Å². The third kappa shape index (κ3) is 3.64. The Kier molecular flexibility index (Phi) is 5.54.